The number of nitrogens with zero attached hydrogens (tertiary/aromatic N) is 4. The molecule has 3 heterocycles. The van der Waals surface area contributed by atoms with Crippen molar-refractivity contribution in [2.24, 2.45) is 0 Å². The molecule has 5 rings (SSSR count). The fourth-order valence-electron chi connectivity index (χ4n) is 4.79. The normalized spacial score (nSPS) is 22.8. The zero-order valence-electron chi connectivity index (χ0n) is 17.6. The molecule has 0 atom stereocenters. The number of benzene rings is 1. The van der Waals surface area contributed by atoms with Gasteiger partial charge in [-0.25, -0.2) is 9.97 Å². The Morgan fingerprint density at radius 3 is 2.60 bits per heavy atom. The smallest absolute Gasteiger partial charge is 0.137 e. The molecule has 0 bridgehead atoms. The Hall–Kier alpha value is -2.57. The van der Waals surface area contributed by atoms with E-state index in [2.05, 4.69) is 56.4 Å². The van der Waals surface area contributed by atoms with Crippen molar-refractivity contribution in [2.75, 3.05) is 31.6 Å². The number of ether oxygens (including phenoxy) is 1. The van der Waals surface area contributed by atoms with Crippen molar-refractivity contribution in [2.45, 2.75) is 44.7 Å². The fraction of sp³-hybridized carbons (Fsp3) is 0.458. The van der Waals surface area contributed by atoms with Gasteiger partial charge < -0.3 is 10.1 Å². The minimum absolute atomic E-state index is 0.463. The molecule has 6 nitrogen and oxygen atoms in total. The molecule has 0 spiro atoms. The lowest BCUT2D eigenvalue weighted by Gasteiger charge is -2.39. The first-order valence-corrected chi connectivity index (χ1v) is 11.0. The Morgan fingerprint density at radius 1 is 0.967 bits per heavy atom. The van der Waals surface area contributed by atoms with Crippen LogP contribution in [-0.2, 0) is 4.74 Å². The summed E-state index contributed by atoms with van der Waals surface area (Å²) < 4.78 is 5.51. The number of fused-ring (bicyclic) bond motifs is 1. The van der Waals surface area contributed by atoms with Gasteiger partial charge >= 0.3 is 0 Å². The molecule has 1 aromatic carbocycles. The topological polar surface area (TPSA) is 63.2 Å². The number of morpholine rings is 1. The van der Waals surface area contributed by atoms with Gasteiger partial charge in [0.1, 0.15) is 12.1 Å². The van der Waals surface area contributed by atoms with Crippen LogP contribution in [-0.4, -0.2) is 58.2 Å². The molecule has 2 aliphatic rings. The van der Waals surface area contributed by atoms with Gasteiger partial charge in [0.05, 0.1) is 18.7 Å². The molecule has 6 heteroatoms. The van der Waals surface area contributed by atoms with Crippen molar-refractivity contribution >= 4 is 16.7 Å². The summed E-state index contributed by atoms with van der Waals surface area (Å²) in [6.45, 7) is 5.99. The van der Waals surface area contributed by atoms with Crippen molar-refractivity contribution in [1.29, 1.82) is 0 Å². The number of nitrogens with one attached hydrogen (secondary N) is 1. The first-order chi connectivity index (χ1) is 14.8. The Labute approximate surface area is 177 Å². The molecular weight excluding hydrogens is 374 g/mol. The Morgan fingerprint density at radius 2 is 1.80 bits per heavy atom. The number of aryl methyl sites for hydroxylation is 1. The highest BCUT2D eigenvalue weighted by Crippen LogP contribution is 2.30. The molecule has 3 aromatic rings. The average Bonchev–Trinajstić information content (AvgIpc) is 2.80. The lowest BCUT2D eigenvalue weighted by molar-refractivity contribution is 0.00791. The summed E-state index contributed by atoms with van der Waals surface area (Å²) >= 11 is 0. The average molecular weight is 404 g/mol. The molecule has 1 saturated carbocycles. The maximum Gasteiger partial charge on any atom is 0.137 e. The third kappa shape index (κ3) is 4.16. The Bertz CT molecular complexity index is 1010. The van der Waals surface area contributed by atoms with Crippen molar-refractivity contribution in [3.05, 3.63) is 48.5 Å². The maximum atomic E-state index is 5.51. The quantitative estimate of drug-likeness (QED) is 0.709. The molecule has 0 amide bonds. The summed E-state index contributed by atoms with van der Waals surface area (Å²) in [4.78, 5) is 16.0. The van der Waals surface area contributed by atoms with E-state index in [0.717, 1.165) is 59.7 Å². The lowest BCUT2D eigenvalue weighted by Crippen LogP contribution is -2.46. The minimum Gasteiger partial charge on any atom is -0.379 e. The van der Waals surface area contributed by atoms with E-state index < -0.39 is 0 Å². The fourth-order valence-corrected chi connectivity index (χ4v) is 4.79. The summed E-state index contributed by atoms with van der Waals surface area (Å²) in [5, 5.41) is 4.80. The van der Waals surface area contributed by atoms with E-state index in [1.807, 2.05) is 12.4 Å². The summed E-state index contributed by atoms with van der Waals surface area (Å²) in [6, 6.07) is 9.71. The van der Waals surface area contributed by atoms with E-state index in [4.69, 9.17) is 4.74 Å². The van der Waals surface area contributed by atoms with Crippen LogP contribution >= 0.6 is 0 Å². The summed E-state index contributed by atoms with van der Waals surface area (Å²) in [6.07, 6.45) is 10.3. The molecule has 156 valence electrons. The zero-order chi connectivity index (χ0) is 20.3. The number of hydrogen-bond acceptors (Lipinski definition) is 6. The molecule has 30 heavy (non-hydrogen) atoms. The molecule has 1 aliphatic heterocycles. The Balaban J connectivity index is 1.32. The second-order valence-electron chi connectivity index (χ2n) is 8.50. The van der Waals surface area contributed by atoms with Crippen molar-refractivity contribution in [1.82, 2.24) is 19.9 Å². The molecule has 0 radical (unpaired) electrons. The van der Waals surface area contributed by atoms with Gasteiger partial charge in [-0.05, 0) is 61.9 Å². The molecule has 1 aliphatic carbocycles. The predicted octanol–water partition coefficient (Wildman–Crippen LogP) is 4.06. The third-order valence-electron chi connectivity index (χ3n) is 6.44. The van der Waals surface area contributed by atoms with Gasteiger partial charge in [0.15, 0.2) is 0 Å². The number of anilines is 1. The van der Waals surface area contributed by atoms with E-state index in [0.29, 0.717) is 12.1 Å². The van der Waals surface area contributed by atoms with Crippen LogP contribution in [0.1, 0.15) is 31.2 Å². The van der Waals surface area contributed by atoms with Gasteiger partial charge in [0, 0.05) is 48.5 Å². The lowest BCUT2D eigenvalue weighted by atomic mass is 9.90. The highest BCUT2D eigenvalue weighted by atomic mass is 16.5. The molecule has 1 N–H and O–H groups in total. The second-order valence-corrected chi connectivity index (χ2v) is 8.50. The van der Waals surface area contributed by atoms with Crippen LogP contribution in [0.15, 0.2) is 43.0 Å². The molecule has 2 aromatic heterocycles. The van der Waals surface area contributed by atoms with Crippen LogP contribution in [0.4, 0.5) is 5.82 Å². The van der Waals surface area contributed by atoms with E-state index in [9.17, 15) is 0 Å². The largest absolute Gasteiger partial charge is 0.379 e. The second kappa shape index (κ2) is 8.66. The van der Waals surface area contributed by atoms with Gasteiger partial charge in [-0.3, -0.25) is 9.88 Å². The van der Waals surface area contributed by atoms with E-state index in [1.54, 1.807) is 6.33 Å². The molecule has 1 saturated heterocycles. The summed E-state index contributed by atoms with van der Waals surface area (Å²) in [5.74, 6) is 0.942. The highest BCUT2D eigenvalue weighted by Gasteiger charge is 2.27. The summed E-state index contributed by atoms with van der Waals surface area (Å²) in [5.41, 5.74) is 4.40. The van der Waals surface area contributed by atoms with Crippen LogP contribution in [0.3, 0.4) is 0 Å². The van der Waals surface area contributed by atoms with Crippen LogP contribution in [0.5, 0.6) is 0 Å². The molecule has 0 unspecified atom stereocenters. The number of pyridine rings is 1. The van der Waals surface area contributed by atoms with Gasteiger partial charge in [-0.2, -0.15) is 0 Å². The van der Waals surface area contributed by atoms with Crippen LogP contribution in [0, 0.1) is 6.92 Å². The summed E-state index contributed by atoms with van der Waals surface area (Å²) in [7, 11) is 0. The highest BCUT2D eigenvalue weighted by molar-refractivity contribution is 5.92. The number of rotatable bonds is 4. The number of aromatic nitrogens is 3. The van der Waals surface area contributed by atoms with E-state index in [1.165, 1.54) is 25.7 Å². The van der Waals surface area contributed by atoms with Gasteiger partial charge in [-0.1, -0.05) is 6.07 Å². The molecular formula is C24H29N5O. The van der Waals surface area contributed by atoms with Crippen molar-refractivity contribution < 1.29 is 4.74 Å². The van der Waals surface area contributed by atoms with Gasteiger partial charge in [0.2, 0.25) is 0 Å². The van der Waals surface area contributed by atoms with Gasteiger partial charge in [0.25, 0.3) is 0 Å². The van der Waals surface area contributed by atoms with E-state index in [-0.39, 0.29) is 0 Å². The van der Waals surface area contributed by atoms with Crippen LogP contribution in [0.25, 0.3) is 22.0 Å². The van der Waals surface area contributed by atoms with Crippen LogP contribution in [0.2, 0.25) is 0 Å². The van der Waals surface area contributed by atoms with Crippen LogP contribution < -0.4 is 5.32 Å². The van der Waals surface area contributed by atoms with E-state index >= 15 is 0 Å². The number of hydrogen-bond donors (Lipinski definition) is 1. The standard InChI is InChI=1S/C24H29N5O/c1-17-12-19(15-25-14-17)18-2-7-23-22(13-18)24(27-16-26-23)28-20-3-5-21(6-4-20)29-8-10-30-11-9-29/h2,7,12-16,20-21H,3-6,8-11H2,1H3,(H,26,27,28)/t20-,21-. The van der Waals surface area contributed by atoms with Crippen molar-refractivity contribution in [3.63, 3.8) is 0 Å². The first-order valence-electron chi connectivity index (χ1n) is 11.0. The van der Waals surface area contributed by atoms with Gasteiger partial charge in [-0.15, -0.1) is 0 Å². The molecule has 2 fully saturated rings. The Kier molecular flexibility index (Phi) is 5.60. The maximum absolute atomic E-state index is 5.51. The predicted molar refractivity (Wildman–Crippen MR) is 120 cm³/mol. The minimum atomic E-state index is 0.463. The van der Waals surface area contributed by atoms with Crippen molar-refractivity contribution in [3.8, 4) is 11.1 Å². The zero-order valence-corrected chi connectivity index (χ0v) is 17.6. The SMILES string of the molecule is Cc1cncc(-c2ccc3ncnc(N[C@H]4CC[C@H](N5CCOCC5)CC4)c3c2)c1. The third-order valence-corrected chi connectivity index (χ3v) is 6.44. The first kappa shape index (κ1) is 19.4. The monoisotopic (exact) mass is 403 g/mol.